The molecule has 10 heavy (non-hydrogen) atoms. The lowest BCUT2D eigenvalue weighted by molar-refractivity contribution is 0.0223. The minimum Gasteiger partial charge on any atom is -0.388 e. The molecule has 0 aromatic rings. The third kappa shape index (κ3) is 1.15. The number of rotatable bonds is 1. The van der Waals surface area contributed by atoms with Gasteiger partial charge in [-0.15, -0.1) is 0 Å². The van der Waals surface area contributed by atoms with Gasteiger partial charge in [-0.05, 0) is 6.92 Å². The van der Waals surface area contributed by atoms with E-state index >= 15 is 0 Å². The maximum atomic E-state index is 9.17. The van der Waals surface area contributed by atoms with Gasteiger partial charge < -0.3 is 20.7 Å². The summed E-state index contributed by atoms with van der Waals surface area (Å²) < 4.78 is 5.11. The zero-order valence-corrected chi connectivity index (χ0v) is 5.90. The highest BCUT2D eigenvalue weighted by atomic mass is 16.5. The van der Waals surface area contributed by atoms with Crippen LogP contribution >= 0.6 is 0 Å². The second-order valence-corrected chi connectivity index (χ2v) is 2.60. The van der Waals surface area contributed by atoms with E-state index in [9.17, 15) is 5.11 Å². The standard InChI is InChI=1S/C6H13NO3/c1-3-5(8)6(9)4(2-7)10-3/h3-6,8-9H,2,7H2,1H3/t3?,4-,5+,6-/m1/s1. The van der Waals surface area contributed by atoms with Crippen LogP contribution in [0.1, 0.15) is 6.92 Å². The Kier molecular flexibility index (Phi) is 2.25. The molecule has 4 nitrogen and oxygen atoms in total. The van der Waals surface area contributed by atoms with Gasteiger partial charge in [-0.25, -0.2) is 0 Å². The van der Waals surface area contributed by atoms with Gasteiger partial charge >= 0.3 is 0 Å². The van der Waals surface area contributed by atoms with Crippen molar-refractivity contribution in [1.29, 1.82) is 0 Å². The SMILES string of the molecule is CC1O[C@H](CN)[C@@H](O)[C@H]1O. The van der Waals surface area contributed by atoms with Crippen LogP contribution in [0.15, 0.2) is 0 Å². The van der Waals surface area contributed by atoms with Crippen molar-refractivity contribution in [2.45, 2.75) is 31.3 Å². The third-order valence-electron chi connectivity index (χ3n) is 1.83. The largest absolute Gasteiger partial charge is 0.388 e. The summed E-state index contributed by atoms with van der Waals surface area (Å²) in [5, 5.41) is 18.3. The lowest BCUT2D eigenvalue weighted by atomic mass is 10.1. The van der Waals surface area contributed by atoms with Crippen LogP contribution in [0.4, 0.5) is 0 Å². The highest BCUT2D eigenvalue weighted by Crippen LogP contribution is 2.19. The van der Waals surface area contributed by atoms with Gasteiger partial charge in [0.2, 0.25) is 0 Å². The average molecular weight is 147 g/mol. The first-order valence-corrected chi connectivity index (χ1v) is 3.38. The normalized spacial score (nSPS) is 48.0. The van der Waals surface area contributed by atoms with Crippen molar-refractivity contribution in [3.63, 3.8) is 0 Å². The Morgan fingerprint density at radius 1 is 1.40 bits per heavy atom. The summed E-state index contributed by atoms with van der Waals surface area (Å²) in [6, 6.07) is 0. The lowest BCUT2D eigenvalue weighted by Gasteiger charge is -2.10. The maximum absolute atomic E-state index is 9.17. The molecule has 4 atom stereocenters. The molecule has 0 aromatic heterocycles. The van der Waals surface area contributed by atoms with Crippen molar-refractivity contribution in [1.82, 2.24) is 0 Å². The highest BCUT2D eigenvalue weighted by molar-refractivity contribution is 4.88. The first-order chi connectivity index (χ1) is 4.66. The fraction of sp³-hybridized carbons (Fsp3) is 1.00. The van der Waals surface area contributed by atoms with Gasteiger partial charge in [0.1, 0.15) is 12.2 Å². The minimum atomic E-state index is -0.819. The maximum Gasteiger partial charge on any atom is 0.110 e. The number of hydrogen-bond donors (Lipinski definition) is 3. The van der Waals surface area contributed by atoms with Crippen LogP contribution in [0.25, 0.3) is 0 Å². The van der Waals surface area contributed by atoms with E-state index in [0.717, 1.165) is 0 Å². The smallest absolute Gasteiger partial charge is 0.110 e. The molecule has 0 radical (unpaired) electrons. The van der Waals surface area contributed by atoms with Gasteiger partial charge in [0.05, 0.1) is 12.2 Å². The molecule has 1 heterocycles. The van der Waals surface area contributed by atoms with Crippen molar-refractivity contribution >= 4 is 0 Å². The van der Waals surface area contributed by atoms with Crippen LogP contribution in [0.5, 0.6) is 0 Å². The quantitative estimate of drug-likeness (QED) is 0.420. The molecule has 1 rings (SSSR count). The number of nitrogens with two attached hydrogens (primary N) is 1. The number of hydrogen-bond acceptors (Lipinski definition) is 4. The Morgan fingerprint density at radius 3 is 2.20 bits per heavy atom. The molecule has 0 saturated carbocycles. The molecule has 1 fully saturated rings. The second kappa shape index (κ2) is 2.84. The summed E-state index contributed by atoms with van der Waals surface area (Å²) in [6.45, 7) is 1.96. The summed E-state index contributed by atoms with van der Waals surface area (Å²) in [4.78, 5) is 0. The molecule has 1 saturated heterocycles. The van der Waals surface area contributed by atoms with Gasteiger partial charge in [0.25, 0.3) is 0 Å². The van der Waals surface area contributed by atoms with Crippen LogP contribution in [-0.2, 0) is 4.74 Å². The highest BCUT2D eigenvalue weighted by Gasteiger charge is 2.38. The van der Waals surface area contributed by atoms with E-state index < -0.39 is 18.3 Å². The molecule has 0 bridgehead atoms. The van der Waals surface area contributed by atoms with Crippen molar-refractivity contribution in [2.75, 3.05) is 6.54 Å². The summed E-state index contributed by atoms with van der Waals surface area (Å²) in [5.74, 6) is 0. The van der Waals surface area contributed by atoms with Crippen LogP contribution < -0.4 is 5.73 Å². The van der Waals surface area contributed by atoms with Gasteiger partial charge in [0.15, 0.2) is 0 Å². The van der Waals surface area contributed by atoms with Crippen molar-refractivity contribution in [2.24, 2.45) is 5.73 Å². The fourth-order valence-electron chi connectivity index (χ4n) is 1.13. The van der Waals surface area contributed by atoms with Crippen LogP contribution in [0.3, 0.4) is 0 Å². The summed E-state index contributed by atoms with van der Waals surface area (Å²) in [7, 11) is 0. The summed E-state index contributed by atoms with van der Waals surface area (Å²) >= 11 is 0. The molecule has 0 amide bonds. The molecule has 0 aliphatic carbocycles. The van der Waals surface area contributed by atoms with E-state index in [4.69, 9.17) is 15.6 Å². The topological polar surface area (TPSA) is 75.7 Å². The molecule has 1 unspecified atom stereocenters. The minimum absolute atomic E-state index is 0.253. The zero-order chi connectivity index (χ0) is 7.72. The fourth-order valence-corrected chi connectivity index (χ4v) is 1.13. The van der Waals surface area contributed by atoms with E-state index in [1.807, 2.05) is 0 Å². The van der Waals surface area contributed by atoms with E-state index in [-0.39, 0.29) is 12.6 Å². The molecule has 1 aliphatic rings. The molecular weight excluding hydrogens is 134 g/mol. The average Bonchev–Trinajstić information content (AvgIpc) is 2.17. The first-order valence-electron chi connectivity index (χ1n) is 3.38. The monoisotopic (exact) mass is 147 g/mol. The van der Waals surface area contributed by atoms with Crippen LogP contribution in [0.2, 0.25) is 0 Å². The lowest BCUT2D eigenvalue weighted by Crippen LogP contribution is -2.35. The molecule has 1 aliphatic heterocycles. The number of aliphatic hydroxyl groups is 2. The summed E-state index contributed by atoms with van der Waals surface area (Å²) in [6.07, 6.45) is -2.30. The number of aliphatic hydroxyl groups excluding tert-OH is 2. The summed E-state index contributed by atoms with van der Waals surface area (Å²) in [5.41, 5.74) is 5.25. The van der Waals surface area contributed by atoms with Crippen LogP contribution in [0, 0.1) is 0 Å². The van der Waals surface area contributed by atoms with Gasteiger partial charge in [-0.2, -0.15) is 0 Å². The zero-order valence-electron chi connectivity index (χ0n) is 5.90. The molecule has 4 N–H and O–H groups in total. The molecular formula is C6H13NO3. The Bertz CT molecular complexity index is 120. The van der Waals surface area contributed by atoms with Gasteiger partial charge in [-0.1, -0.05) is 0 Å². The molecule has 0 aromatic carbocycles. The van der Waals surface area contributed by atoms with Gasteiger partial charge in [0, 0.05) is 6.54 Å². The third-order valence-corrected chi connectivity index (χ3v) is 1.83. The Morgan fingerprint density at radius 2 is 2.00 bits per heavy atom. The molecule has 0 spiro atoms. The predicted octanol–water partition coefficient (Wildman–Crippen LogP) is -1.55. The molecule has 60 valence electrons. The predicted molar refractivity (Wildman–Crippen MR) is 35.4 cm³/mol. The van der Waals surface area contributed by atoms with Crippen LogP contribution in [-0.4, -0.2) is 41.2 Å². The van der Waals surface area contributed by atoms with Crippen molar-refractivity contribution < 1.29 is 14.9 Å². The van der Waals surface area contributed by atoms with E-state index in [2.05, 4.69) is 0 Å². The van der Waals surface area contributed by atoms with Crippen molar-refractivity contribution in [3.05, 3.63) is 0 Å². The van der Waals surface area contributed by atoms with E-state index in [0.29, 0.717) is 0 Å². The van der Waals surface area contributed by atoms with Gasteiger partial charge in [-0.3, -0.25) is 0 Å². The Hall–Kier alpha value is -0.160. The van der Waals surface area contributed by atoms with Crippen molar-refractivity contribution in [3.8, 4) is 0 Å². The Labute approximate surface area is 59.6 Å². The first kappa shape index (κ1) is 7.94. The second-order valence-electron chi connectivity index (χ2n) is 2.60. The van der Waals surface area contributed by atoms with E-state index in [1.54, 1.807) is 6.92 Å². The molecule has 4 heteroatoms. The number of ether oxygens (including phenoxy) is 1. The Balaban J connectivity index is 2.53. The van der Waals surface area contributed by atoms with E-state index in [1.165, 1.54) is 0 Å².